The Morgan fingerprint density at radius 2 is 1.64 bits per heavy atom. The first-order valence-corrected chi connectivity index (χ1v) is 11.6. The minimum Gasteiger partial charge on any atom is -0.502 e. The van der Waals surface area contributed by atoms with Crippen molar-refractivity contribution in [2.24, 2.45) is 0 Å². The molecule has 0 radical (unpaired) electrons. The van der Waals surface area contributed by atoms with Crippen LogP contribution in [0, 0.1) is 6.92 Å². The maximum absolute atomic E-state index is 13.6. The third-order valence-electron chi connectivity index (χ3n) is 5.43. The van der Waals surface area contributed by atoms with Gasteiger partial charge in [0.25, 0.3) is 5.91 Å². The fourth-order valence-corrected chi connectivity index (χ4v) is 5.49. The number of methoxy groups -OCH3 is 1. The van der Waals surface area contributed by atoms with Crippen LogP contribution < -0.4 is 4.90 Å². The van der Waals surface area contributed by atoms with Crippen LogP contribution in [0.3, 0.4) is 0 Å². The molecule has 0 saturated carbocycles. The number of aryl methyl sites for hydroxylation is 1. The predicted octanol–water partition coefficient (Wildman–Crippen LogP) is 4.11. The number of aliphatic hydroxyl groups excluding tert-OH is 1. The zero-order valence-corrected chi connectivity index (χ0v) is 18.7. The first-order valence-electron chi connectivity index (χ1n) is 10.1. The highest BCUT2D eigenvalue weighted by molar-refractivity contribution is 7.95. The van der Waals surface area contributed by atoms with Crippen LogP contribution >= 0.6 is 0 Å². The molecule has 33 heavy (non-hydrogen) atoms. The van der Waals surface area contributed by atoms with Crippen molar-refractivity contribution in [2.75, 3.05) is 12.0 Å². The molecular formula is C25H21NO6S. The van der Waals surface area contributed by atoms with Gasteiger partial charge in [0.2, 0.25) is 9.84 Å². The maximum atomic E-state index is 13.6. The summed E-state index contributed by atoms with van der Waals surface area (Å²) < 4.78 is 31.9. The van der Waals surface area contributed by atoms with Gasteiger partial charge in [0.05, 0.1) is 17.6 Å². The Labute approximate surface area is 191 Å². The van der Waals surface area contributed by atoms with E-state index in [1.165, 1.54) is 36.3 Å². The van der Waals surface area contributed by atoms with E-state index in [9.17, 15) is 23.1 Å². The molecule has 3 aromatic carbocycles. The maximum Gasteiger partial charge on any atom is 0.337 e. The second-order valence-corrected chi connectivity index (χ2v) is 9.48. The third kappa shape index (κ3) is 3.89. The summed E-state index contributed by atoms with van der Waals surface area (Å²) in [7, 11) is -2.96. The number of sulfone groups is 1. The number of benzene rings is 3. The van der Waals surface area contributed by atoms with Gasteiger partial charge in [-0.15, -0.1) is 0 Å². The first kappa shape index (κ1) is 22.3. The summed E-state index contributed by atoms with van der Waals surface area (Å²) in [6, 6.07) is 19.6. The standard InChI is InChI=1S/C25H21NO6S/c1-16-7-6-8-19(15-16)26-21(17-11-13-18(14-12-17)25(29)32-2)23(22(27)24(26)28)33(30,31)20-9-4-3-5-10-20/h3-15,21,27H,1-2H3/t21-/m1/s1. The van der Waals surface area contributed by atoms with Crippen LogP contribution in [0.25, 0.3) is 0 Å². The summed E-state index contributed by atoms with van der Waals surface area (Å²) in [6.45, 7) is 1.85. The number of carbonyl (C=O) groups is 2. The van der Waals surface area contributed by atoms with Crippen LogP contribution in [0.5, 0.6) is 0 Å². The second-order valence-electron chi connectivity index (χ2n) is 7.56. The zero-order valence-electron chi connectivity index (χ0n) is 17.9. The van der Waals surface area contributed by atoms with Crippen LogP contribution in [0.1, 0.15) is 27.5 Å². The highest BCUT2D eigenvalue weighted by Crippen LogP contribution is 2.44. The molecule has 1 atom stereocenters. The number of carbonyl (C=O) groups excluding carboxylic acids is 2. The van der Waals surface area contributed by atoms with E-state index in [1.54, 1.807) is 48.5 Å². The molecule has 0 spiro atoms. The first-order chi connectivity index (χ1) is 15.8. The lowest BCUT2D eigenvalue weighted by atomic mass is 10.0. The summed E-state index contributed by atoms with van der Waals surface area (Å²) in [5.74, 6) is -2.20. The zero-order chi connectivity index (χ0) is 23.8. The molecule has 7 nitrogen and oxygen atoms in total. The van der Waals surface area contributed by atoms with Gasteiger partial charge in [-0.2, -0.15) is 0 Å². The quantitative estimate of drug-likeness (QED) is 0.572. The molecule has 0 aliphatic carbocycles. The van der Waals surface area contributed by atoms with Gasteiger partial charge in [0.1, 0.15) is 10.9 Å². The van der Waals surface area contributed by atoms with Crippen molar-refractivity contribution in [1.29, 1.82) is 0 Å². The minimum atomic E-state index is -4.22. The summed E-state index contributed by atoms with van der Waals surface area (Å²) >= 11 is 0. The fourth-order valence-electron chi connectivity index (χ4n) is 3.85. The van der Waals surface area contributed by atoms with E-state index in [2.05, 4.69) is 0 Å². The molecule has 8 heteroatoms. The lowest BCUT2D eigenvalue weighted by Gasteiger charge is -2.27. The average molecular weight is 464 g/mol. The van der Waals surface area contributed by atoms with Crippen molar-refractivity contribution in [3.8, 4) is 0 Å². The van der Waals surface area contributed by atoms with Gasteiger partial charge < -0.3 is 9.84 Å². The van der Waals surface area contributed by atoms with Crippen molar-refractivity contribution in [1.82, 2.24) is 0 Å². The third-order valence-corrected chi connectivity index (χ3v) is 7.32. The lowest BCUT2D eigenvalue weighted by molar-refractivity contribution is -0.117. The Kier molecular flexibility index (Phi) is 5.78. The van der Waals surface area contributed by atoms with Crippen molar-refractivity contribution in [2.45, 2.75) is 17.9 Å². The van der Waals surface area contributed by atoms with E-state index in [-0.39, 0.29) is 10.5 Å². The van der Waals surface area contributed by atoms with Crippen LogP contribution in [0.15, 0.2) is 94.4 Å². The monoisotopic (exact) mass is 463 g/mol. The summed E-state index contributed by atoms with van der Waals surface area (Å²) in [5.41, 5.74) is 1.98. The highest BCUT2D eigenvalue weighted by Gasteiger charge is 2.47. The molecule has 1 N–H and O–H groups in total. The summed E-state index contributed by atoms with van der Waals surface area (Å²) in [6.07, 6.45) is 0. The van der Waals surface area contributed by atoms with Crippen LogP contribution in [-0.2, 0) is 19.4 Å². The lowest BCUT2D eigenvalue weighted by Crippen LogP contribution is -2.31. The van der Waals surface area contributed by atoms with Gasteiger partial charge in [-0.25, -0.2) is 13.2 Å². The van der Waals surface area contributed by atoms with Gasteiger partial charge in [0.15, 0.2) is 5.76 Å². The molecule has 1 amide bonds. The number of ether oxygens (including phenoxy) is 1. The summed E-state index contributed by atoms with van der Waals surface area (Å²) in [4.78, 5) is 25.8. The molecule has 0 unspecified atom stereocenters. The van der Waals surface area contributed by atoms with E-state index >= 15 is 0 Å². The number of rotatable bonds is 5. The van der Waals surface area contributed by atoms with E-state index in [0.29, 0.717) is 11.3 Å². The smallest absolute Gasteiger partial charge is 0.337 e. The molecule has 168 valence electrons. The number of esters is 1. The van der Waals surface area contributed by atoms with E-state index in [0.717, 1.165) is 5.56 Å². The van der Waals surface area contributed by atoms with Gasteiger partial charge >= 0.3 is 5.97 Å². The van der Waals surface area contributed by atoms with E-state index in [4.69, 9.17) is 4.74 Å². The van der Waals surface area contributed by atoms with E-state index in [1.807, 2.05) is 13.0 Å². The Morgan fingerprint density at radius 3 is 2.24 bits per heavy atom. The van der Waals surface area contributed by atoms with Crippen molar-refractivity contribution in [3.05, 3.63) is 106 Å². The molecule has 0 fully saturated rings. The Hall–Kier alpha value is -3.91. The van der Waals surface area contributed by atoms with Gasteiger partial charge in [-0.1, -0.05) is 42.5 Å². The summed E-state index contributed by atoms with van der Waals surface area (Å²) in [5, 5.41) is 10.8. The van der Waals surface area contributed by atoms with Crippen molar-refractivity contribution >= 4 is 27.4 Å². The predicted molar refractivity (Wildman–Crippen MR) is 122 cm³/mol. The molecule has 0 aromatic heterocycles. The number of amides is 1. The Balaban J connectivity index is 1.92. The number of hydrogen-bond donors (Lipinski definition) is 1. The molecular weight excluding hydrogens is 442 g/mol. The van der Waals surface area contributed by atoms with Crippen LogP contribution in [-0.4, -0.2) is 32.5 Å². The highest BCUT2D eigenvalue weighted by atomic mass is 32.2. The molecule has 1 heterocycles. The molecule has 4 rings (SSSR count). The van der Waals surface area contributed by atoms with Crippen LogP contribution in [0.2, 0.25) is 0 Å². The van der Waals surface area contributed by atoms with Gasteiger partial charge in [-0.3, -0.25) is 9.69 Å². The fraction of sp³-hybridized carbons (Fsp3) is 0.120. The normalized spacial score (nSPS) is 16.2. The number of anilines is 1. The number of aliphatic hydroxyl groups is 1. The molecule has 0 saturated heterocycles. The molecule has 1 aliphatic rings. The minimum absolute atomic E-state index is 0.0402. The number of nitrogens with zero attached hydrogens (tertiary/aromatic N) is 1. The largest absolute Gasteiger partial charge is 0.502 e. The molecule has 0 bridgehead atoms. The number of hydrogen-bond acceptors (Lipinski definition) is 6. The topological polar surface area (TPSA) is 101 Å². The van der Waals surface area contributed by atoms with Crippen molar-refractivity contribution < 1.29 is 27.9 Å². The average Bonchev–Trinajstić information content (AvgIpc) is 3.10. The second kappa shape index (κ2) is 8.55. The Bertz CT molecular complexity index is 1360. The molecule has 3 aromatic rings. The van der Waals surface area contributed by atoms with Crippen molar-refractivity contribution in [3.63, 3.8) is 0 Å². The SMILES string of the molecule is COC(=O)c1ccc([C@@H]2C(S(=O)(=O)c3ccccc3)=C(O)C(=O)N2c2cccc(C)c2)cc1. The Morgan fingerprint density at radius 1 is 0.970 bits per heavy atom. The van der Waals surface area contributed by atoms with Gasteiger partial charge in [0, 0.05) is 5.69 Å². The van der Waals surface area contributed by atoms with Gasteiger partial charge in [-0.05, 0) is 54.4 Å². The van der Waals surface area contributed by atoms with Crippen LogP contribution in [0.4, 0.5) is 5.69 Å². The molecule has 1 aliphatic heterocycles. The van der Waals surface area contributed by atoms with E-state index < -0.39 is 38.4 Å².